The van der Waals surface area contributed by atoms with Crippen LogP contribution in [0, 0.1) is 23.7 Å². The molecule has 5 heterocycles. The third kappa shape index (κ3) is 4.56. The van der Waals surface area contributed by atoms with Crippen LogP contribution in [0.1, 0.15) is 77.0 Å². The molecule has 4 saturated heterocycles. The van der Waals surface area contributed by atoms with Gasteiger partial charge in [0.1, 0.15) is 5.75 Å². The molecule has 2 bridgehead atoms. The highest BCUT2D eigenvalue weighted by Gasteiger charge is 2.69. The van der Waals surface area contributed by atoms with Crippen LogP contribution in [0.2, 0.25) is 0 Å². The lowest BCUT2D eigenvalue weighted by atomic mass is 9.58. The maximum atomic E-state index is 12.4. The van der Waals surface area contributed by atoms with Crippen LogP contribution in [0.4, 0.5) is 0 Å². The van der Waals surface area contributed by atoms with Crippen molar-refractivity contribution in [3.8, 4) is 5.75 Å². The second-order valence-corrected chi connectivity index (χ2v) is 13.5. The minimum Gasteiger partial charge on any atom is -0.465 e. The highest BCUT2D eigenvalue weighted by atomic mass is 79.9. The van der Waals surface area contributed by atoms with Gasteiger partial charge in [-0.3, -0.25) is 4.79 Å². The molecule has 2 aromatic rings. The van der Waals surface area contributed by atoms with Crippen molar-refractivity contribution in [2.45, 2.75) is 89.8 Å². The van der Waals surface area contributed by atoms with Crippen molar-refractivity contribution in [2.24, 2.45) is 28.8 Å². The Morgan fingerprint density at radius 3 is 2.51 bits per heavy atom. The Labute approximate surface area is 249 Å². The molecular weight excluding hydrogens is 588 g/mol. The molecule has 1 amide bonds. The third-order valence-corrected chi connectivity index (χ3v) is 10.6. The zero-order valence-corrected chi connectivity index (χ0v) is 25.5. The normalized spacial score (nSPS) is 39.6. The maximum absolute atomic E-state index is 12.4. The summed E-state index contributed by atoms with van der Waals surface area (Å²) in [7, 11) is 0. The number of fused-ring (bicyclic) bond motifs is 2. The molecule has 2 aromatic carbocycles. The van der Waals surface area contributed by atoms with E-state index < -0.39 is 24.0 Å². The zero-order chi connectivity index (χ0) is 28.5. The number of hydrogen-bond donors (Lipinski definition) is 0. The molecule has 0 aromatic heterocycles. The lowest BCUT2D eigenvalue weighted by Crippen LogP contribution is -2.70. The number of benzene rings is 2. The number of carbonyl (C=O) groups is 1. The van der Waals surface area contributed by atoms with Crippen molar-refractivity contribution in [2.75, 3.05) is 0 Å². The molecule has 1 spiro atoms. The lowest BCUT2D eigenvalue weighted by molar-refractivity contribution is -0.575. The zero-order valence-electron chi connectivity index (χ0n) is 23.9. The van der Waals surface area contributed by atoms with Gasteiger partial charge in [0.25, 0.3) is 0 Å². The highest BCUT2D eigenvalue weighted by Crippen LogP contribution is 2.60. The summed E-state index contributed by atoms with van der Waals surface area (Å²) in [5, 5.41) is 6.28. The van der Waals surface area contributed by atoms with Crippen LogP contribution >= 0.6 is 15.9 Å². The van der Waals surface area contributed by atoms with Crippen molar-refractivity contribution >= 4 is 27.5 Å². The molecule has 8 nitrogen and oxygen atoms in total. The van der Waals surface area contributed by atoms with Gasteiger partial charge in [-0.15, -0.1) is 0 Å². The molecule has 5 aliphatic heterocycles. The van der Waals surface area contributed by atoms with Crippen molar-refractivity contribution in [3.05, 3.63) is 64.1 Å². The van der Waals surface area contributed by atoms with Gasteiger partial charge in [-0.2, -0.15) is 5.10 Å². The van der Waals surface area contributed by atoms with Crippen LogP contribution in [0.5, 0.6) is 5.75 Å². The number of rotatable bonds is 4. The minimum atomic E-state index is -0.811. The summed E-state index contributed by atoms with van der Waals surface area (Å²) in [4.78, 5) is 24.6. The Morgan fingerprint density at radius 1 is 1.02 bits per heavy atom. The molecular formula is C32H37BrN2O6. The molecule has 5 fully saturated rings. The van der Waals surface area contributed by atoms with E-state index in [1.54, 1.807) is 11.9 Å². The van der Waals surface area contributed by atoms with E-state index in [0.29, 0.717) is 18.3 Å². The quantitative estimate of drug-likeness (QED) is 0.351. The fourth-order valence-corrected chi connectivity index (χ4v) is 8.05. The van der Waals surface area contributed by atoms with Gasteiger partial charge in [-0.05, 0) is 85.5 Å². The first-order chi connectivity index (χ1) is 19.7. The van der Waals surface area contributed by atoms with E-state index in [9.17, 15) is 4.79 Å². The van der Waals surface area contributed by atoms with Gasteiger partial charge in [-0.25, -0.2) is 14.8 Å². The number of hydrazone groups is 1. The van der Waals surface area contributed by atoms with Crippen LogP contribution in [0.3, 0.4) is 0 Å². The van der Waals surface area contributed by atoms with Gasteiger partial charge in [0.15, 0.2) is 11.9 Å². The number of halogens is 1. The summed E-state index contributed by atoms with van der Waals surface area (Å²) in [6.07, 6.45) is 3.59. The summed E-state index contributed by atoms with van der Waals surface area (Å²) in [6, 6.07) is 15.8. The van der Waals surface area contributed by atoms with Gasteiger partial charge < -0.3 is 14.2 Å². The molecule has 8 rings (SSSR count). The Kier molecular flexibility index (Phi) is 6.82. The first-order valence-corrected chi connectivity index (χ1v) is 15.6. The van der Waals surface area contributed by atoms with E-state index in [-0.39, 0.29) is 23.8 Å². The second kappa shape index (κ2) is 10.2. The molecule has 6 aliphatic rings. The number of hydrogen-bond acceptors (Lipinski definition) is 7. The summed E-state index contributed by atoms with van der Waals surface area (Å²) < 4.78 is 20.5. The summed E-state index contributed by atoms with van der Waals surface area (Å²) in [6.45, 7) is 8.00. The molecule has 1 unspecified atom stereocenters. The van der Waals surface area contributed by atoms with Crippen LogP contribution in [-0.2, 0) is 24.0 Å². The van der Waals surface area contributed by atoms with Crippen LogP contribution < -0.4 is 4.74 Å². The summed E-state index contributed by atoms with van der Waals surface area (Å²) >= 11 is 3.49. The first kappa shape index (κ1) is 27.5. The predicted molar refractivity (Wildman–Crippen MR) is 154 cm³/mol. The average molecular weight is 626 g/mol. The van der Waals surface area contributed by atoms with Gasteiger partial charge in [0.05, 0.1) is 11.8 Å². The Balaban J connectivity index is 1.09. The van der Waals surface area contributed by atoms with E-state index in [4.69, 9.17) is 29.1 Å². The Morgan fingerprint density at radius 2 is 1.78 bits per heavy atom. The van der Waals surface area contributed by atoms with Crippen molar-refractivity contribution in [1.29, 1.82) is 0 Å². The highest BCUT2D eigenvalue weighted by molar-refractivity contribution is 9.10. The molecule has 41 heavy (non-hydrogen) atoms. The van der Waals surface area contributed by atoms with Gasteiger partial charge in [0, 0.05) is 36.1 Å². The minimum absolute atomic E-state index is 0.0777. The number of ether oxygens (including phenoxy) is 3. The van der Waals surface area contributed by atoms with Crippen LogP contribution in [0.15, 0.2) is 58.1 Å². The van der Waals surface area contributed by atoms with E-state index in [1.165, 1.54) is 0 Å². The molecule has 0 radical (unpaired) electrons. The summed E-state index contributed by atoms with van der Waals surface area (Å²) in [5.74, 6) is 0.959. The van der Waals surface area contributed by atoms with Crippen LogP contribution in [-0.4, -0.2) is 40.6 Å². The van der Waals surface area contributed by atoms with Gasteiger partial charge >= 0.3 is 0 Å². The maximum Gasteiger partial charge on any atom is 0.240 e. The standard InChI is InChI=1S/C32H37BrN2O6/c1-18-5-14-26-19(2)29(38-30-32(26)25(18)15-16-31(4,39-30)40-41-32)37-24-12-8-21(9-13-24)27-17-28(35(34-27)20(3)36)22-6-10-23(33)11-7-22/h6-13,18-19,25-26,28-30H,5,14-17H2,1-4H3/t18-,19-,25+,26+,28?,29-,30-,31-,32-/m1/s1. The van der Waals surface area contributed by atoms with E-state index in [0.717, 1.165) is 52.7 Å². The first-order valence-electron chi connectivity index (χ1n) is 14.8. The van der Waals surface area contributed by atoms with Gasteiger partial charge in [-0.1, -0.05) is 41.9 Å². The molecule has 9 heteroatoms. The second-order valence-electron chi connectivity index (χ2n) is 12.6. The Hall–Kier alpha value is -2.30. The number of carbonyl (C=O) groups excluding carboxylic acids is 1. The van der Waals surface area contributed by atoms with Gasteiger partial charge in [0.2, 0.25) is 18.0 Å². The van der Waals surface area contributed by atoms with Crippen molar-refractivity contribution in [1.82, 2.24) is 5.01 Å². The van der Waals surface area contributed by atoms with Crippen LogP contribution in [0.25, 0.3) is 0 Å². The fraction of sp³-hybridized carbons (Fsp3) is 0.562. The third-order valence-electron chi connectivity index (χ3n) is 10.0. The average Bonchev–Trinajstić information content (AvgIpc) is 3.28. The van der Waals surface area contributed by atoms with Crippen molar-refractivity contribution < 1.29 is 28.8 Å². The largest absolute Gasteiger partial charge is 0.465 e. The topological polar surface area (TPSA) is 78.8 Å². The molecule has 1 saturated carbocycles. The monoisotopic (exact) mass is 624 g/mol. The molecule has 9 atom stereocenters. The fourth-order valence-electron chi connectivity index (χ4n) is 7.79. The SMILES string of the molecule is CC(=O)N1N=C(c2ccc(O[C@@H]3O[C@@H]4O[C@@]5(C)CC[C@H]6[C@H](C)CC[C@@H]([C@H]3C)[C@@]46OO5)cc2)CC1c1ccc(Br)cc1. The van der Waals surface area contributed by atoms with E-state index in [2.05, 4.69) is 29.8 Å². The molecule has 218 valence electrons. The predicted octanol–water partition coefficient (Wildman–Crippen LogP) is 6.73. The number of amides is 1. The Bertz CT molecular complexity index is 1350. The number of nitrogens with zero attached hydrogens (tertiary/aromatic N) is 2. The van der Waals surface area contributed by atoms with Crippen molar-refractivity contribution in [3.63, 3.8) is 0 Å². The molecule has 1 aliphatic carbocycles. The summed E-state index contributed by atoms with van der Waals surface area (Å²) in [5.41, 5.74) is 2.29. The lowest BCUT2D eigenvalue weighted by Gasteiger charge is -2.60. The molecule has 0 N–H and O–H groups in total. The van der Waals surface area contributed by atoms with E-state index >= 15 is 0 Å². The smallest absolute Gasteiger partial charge is 0.240 e. The van der Waals surface area contributed by atoms with E-state index in [1.807, 2.05) is 55.5 Å².